The molecule has 0 radical (unpaired) electrons. The molecule has 1 N–H and O–H groups in total. The van der Waals surface area contributed by atoms with Crippen molar-refractivity contribution in [1.82, 2.24) is 15.1 Å². The van der Waals surface area contributed by atoms with Crippen LogP contribution in [0, 0.1) is 0 Å². The number of rotatable bonds is 4. The summed E-state index contributed by atoms with van der Waals surface area (Å²) in [6.45, 7) is 0.307. The minimum atomic E-state index is -0.334. The van der Waals surface area contributed by atoms with Gasteiger partial charge in [0.25, 0.3) is 0 Å². The maximum absolute atomic E-state index is 11.9. The molecule has 1 aromatic rings. The molecule has 132 valence electrons. The quantitative estimate of drug-likeness (QED) is 0.847. The lowest BCUT2D eigenvalue weighted by Crippen LogP contribution is -2.47. The lowest BCUT2D eigenvalue weighted by Gasteiger charge is -2.37. The largest absolute Gasteiger partial charge is 0.445 e. The predicted octanol–water partition coefficient (Wildman–Crippen LogP) is 3.00. The number of ether oxygens (including phenoxy) is 1. The van der Waals surface area contributed by atoms with Gasteiger partial charge in [-0.05, 0) is 43.5 Å². The van der Waals surface area contributed by atoms with Crippen molar-refractivity contribution in [3.05, 3.63) is 35.9 Å². The van der Waals surface area contributed by atoms with Gasteiger partial charge in [-0.2, -0.15) is 0 Å². The minimum absolute atomic E-state index is 0.186. The van der Waals surface area contributed by atoms with Crippen molar-refractivity contribution in [3.8, 4) is 0 Å². The number of amides is 1. The van der Waals surface area contributed by atoms with Crippen molar-refractivity contribution >= 4 is 23.4 Å². The molecule has 24 heavy (non-hydrogen) atoms. The summed E-state index contributed by atoms with van der Waals surface area (Å²) in [4.78, 5) is 16.1. The van der Waals surface area contributed by atoms with Gasteiger partial charge in [-0.15, -0.1) is 0 Å². The standard InChI is InChI=1S/C18H27N3O2S/c1-20(2)18(24)21(3)16-11-9-15(10-12-16)19-17(22)23-13-14-7-5-4-6-8-14/h4-8,15-16H,9-13H2,1-3H3,(H,19,22). The third-order valence-corrected chi connectivity index (χ3v) is 5.12. The first-order chi connectivity index (χ1) is 11.5. The van der Waals surface area contributed by atoms with Gasteiger partial charge in [-0.25, -0.2) is 4.79 Å². The zero-order chi connectivity index (χ0) is 17.5. The molecule has 2 rings (SSSR count). The van der Waals surface area contributed by atoms with Crippen LogP contribution >= 0.6 is 12.2 Å². The van der Waals surface area contributed by atoms with Crippen LogP contribution in [0.2, 0.25) is 0 Å². The number of hydrogen-bond donors (Lipinski definition) is 1. The first-order valence-electron chi connectivity index (χ1n) is 8.38. The second-order valence-corrected chi connectivity index (χ2v) is 6.86. The molecule has 1 fully saturated rings. The van der Waals surface area contributed by atoms with Gasteiger partial charge in [0.05, 0.1) is 0 Å². The Kier molecular flexibility index (Phi) is 6.85. The second kappa shape index (κ2) is 8.87. The molecule has 0 saturated heterocycles. The normalized spacial score (nSPS) is 20.1. The van der Waals surface area contributed by atoms with Gasteiger partial charge in [-0.3, -0.25) is 0 Å². The summed E-state index contributed by atoms with van der Waals surface area (Å²) in [5, 5.41) is 3.83. The smallest absolute Gasteiger partial charge is 0.407 e. The van der Waals surface area contributed by atoms with Crippen LogP contribution < -0.4 is 5.32 Å². The van der Waals surface area contributed by atoms with E-state index < -0.39 is 0 Å². The molecule has 0 heterocycles. The highest BCUT2D eigenvalue weighted by Gasteiger charge is 2.26. The van der Waals surface area contributed by atoms with Crippen LogP contribution in [0.25, 0.3) is 0 Å². The van der Waals surface area contributed by atoms with Crippen molar-refractivity contribution in [2.45, 2.75) is 44.4 Å². The van der Waals surface area contributed by atoms with Gasteiger partial charge in [0.2, 0.25) is 0 Å². The van der Waals surface area contributed by atoms with Crippen molar-refractivity contribution in [2.24, 2.45) is 0 Å². The monoisotopic (exact) mass is 349 g/mol. The van der Waals surface area contributed by atoms with Gasteiger partial charge in [0.1, 0.15) is 6.61 Å². The van der Waals surface area contributed by atoms with E-state index in [1.807, 2.05) is 49.3 Å². The summed E-state index contributed by atoms with van der Waals surface area (Å²) in [6, 6.07) is 10.3. The van der Waals surface area contributed by atoms with Crippen LogP contribution in [0.1, 0.15) is 31.2 Å². The van der Waals surface area contributed by atoms with E-state index >= 15 is 0 Å². The molecule has 0 atom stereocenters. The third kappa shape index (κ3) is 5.37. The summed E-state index contributed by atoms with van der Waals surface area (Å²) < 4.78 is 5.29. The van der Waals surface area contributed by atoms with Crippen molar-refractivity contribution in [2.75, 3.05) is 21.1 Å². The molecule has 1 aliphatic carbocycles. The molecule has 1 saturated carbocycles. The van der Waals surface area contributed by atoms with Gasteiger partial charge < -0.3 is 19.9 Å². The highest BCUT2D eigenvalue weighted by molar-refractivity contribution is 7.80. The van der Waals surface area contributed by atoms with Crippen LogP contribution in [-0.4, -0.2) is 54.2 Å². The molecule has 5 nitrogen and oxygen atoms in total. The Morgan fingerprint density at radius 1 is 1.17 bits per heavy atom. The Morgan fingerprint density at radius 3 is 2.38 bits per heavy atom. The van der Waals surface area contributed by atoms with Crippen LogP contribution in [0.15, 0.2) is 30.3 Å². The van der Waals surface area contributed by atoms with Gasteiger partial charge in [-0.1, -0.05) is 30.3 Å². The molecule has 0 aliphatic heterocycles. The van der Waals surface area contributed by atoms with E-state index in [-0.39, 0.29) is 12.1 Å². The fraction of sp³-hybridized carbons (Fsp3) is 0.556. The van der Waals surface area contributed by atoms with Crippen molar-refractivity contribution in [3.63, 3.8) is 0 Å². The number of nitrogens with zero attached hydrogens (tertiary/aromatic N) is 2. The van der Waals surface area contributed by atoms with E-state index in [1.54, 1.807) is 0 Å². The topological polar surface area (TPSA) is 44.8 Å². The molecular formula is C18H27N3O2S. The number of carbonyl (C=O) groups excluding carboxylic acids is 1. The number of nitrogens with one attached hydrogen (secondary N) is 1. The highest BCUT2D eigenvalue weighted by Crippen LogP contribution is 2.23. The number of thiocarbonyl (C=S) groups is 1. The lowest BCUT2D eigenvalue weighted by atomic mass is 9.90. The van der Waals surface area contributed by atoms with Crippen LogP contribution in [0.4, 0.5) is 4.79 Å². The first kappa shape index (κ1) is 18.5. The SMILES string of the molecule is CN(C)C(=S)N(C)C1CCC(NC(=O)OCc2ccccc2)CC1. The minimum Gasteiger partial charge on any atom is -0.445 e. The molecule has 1 aliphatic rings. The van der Waals surface area contributed by atoms with Gasteiger partial charge in [0.15, 0.2) is 5.11 Å². The Hall–Kier alpha value is -1.82. The van der Waals surface area contributed by atoms with Crippen LogP contribution in [0.5, 0.6) is 0 Å². The van der Waals surface area contributed by atoms with Crippen LogP contribution in [0.3, 0.4) is 0 Å². The molecule has 6 heteroatoms. The fourth-order valence-corrected chi connectivity index (χ4v) is 3.16. The van der Waals surface area contributed by atoms with E-state index in [9.17, 15) is 4.79 Å². The lowest BCUT2D eigenvalue weighted by molar-refractivity contribution is 0.130. The Bertz CT molecular complexity index is 542. The first-order valence-corrected chi connectivity index (χ1v) is 8.79. The summed E-state index contributed by atoms with van der Waals surface area (Å²) in [5.74, 6) is 0. The average molecular weight is 350 g/mol. The Morgan fingerprint density at radius 2 is 1.79 bits per heavy atom. The van der Waals surface area contributed by atoms with Crippen molar-refractivity contribution in [1.29, 1.82) is 0 Å². The molecule has 0 bridgehead atoms. The number of benzene rings is 1. The Labute approximate surface area is 150 Å². The van der Waals surface area contributed by atoms with E-state index in [2.05, 4.69) is 17.3 Å². The third-order valence-electron chi connectivity index (χ3n) is 4.46. The molecular weight excluding hydrogens is 322 g/mol. The maximum Gasteiger partial charge on any atom is 0.407 e. The zero-order valence-electron chi connectivity index (χ0n) is 14.7. The predicted molar refractivity (Wildman–Crippen MR) is 99.9 cm³/mol. The van der Waals surface area contributed by atoms with E-state index in [0.29, 0.717) is 12.6 Å². The summed E-state index contributed by atoms with van der Waals surface area (Å²) in [5.41, 5.74) is 0.996. The number of alkyl carbamates (subject to hydrolysis) is 1. The molecule has 0 spiro atoms. The fourth-order valence-electron chi connectivity index (χ4n) is 3.01. The maximum atomic E-state index is 11.9. The molecule has 0 aromatic heterocycles. The zero-order valence-corrected chi connectivity index (χ0v) is 15.5. The average Bonchev–Trinajstić information content (AvgIpc) is 2.60. The highest BCUT2D eigenvalue weighted by atomic mass is 32.1. The number of carbonyl (C=O) groups is 1. The molecule has 0 unspecified atom stereocenters. The van der Waals surface area contributed by atoms with E-state index in [4.69, 9.17) is 17.0 Å². The van der Waals surface area contributed by atoms with E-state index in [1.165, 1.54) is 0 Å². The van der Waals surface area contributed by atoms with Gasteiger partial charge in [0, 0.05) is 33.2 Å². The molecule has 1 amide bonds. The summed E-state index contributed by atoms with van der Waals surface area (Å²) >= 11 is 5.42. The van der Waals surface area contributed by atoms with Crippen LogP contribution in [-0.2, 0) is 11.3 Å². The summed E-state index contributed by atoms with van der Waals surface area (Å²) in [6.07, 6.45) is 3.61. The van der Waals surface area contributed by atoms with E-state index in [0.717, 1.165) is 36.4 Å². The van der Waals surface area contributed by atoms with Gasteiger partial charge >= 0.3 is 6.09 Å². The Balaban J connectivity index is 1.70. The second-order valence-electron chi connectivity index (χ2n) is 6.50. The summed E-state index contributed by atoms with van der Waals surface area (Å²) in [7, 11) is 5.98. The molecule has 1 aromatic carbocycles. The number of hydrogen-bond acceptors (Lipinski definition) is 3. The van der Waals surface area contributed by atoms with Crippen molar-refractivity contribution < 1.29 is 9.53 Å².